The van der Waals surface area contributed by atoms with Crippen LogP contribution in [0.5, 0.6) is 0 Å². The lowest BCUT2D eigenvalue weighted by molar-refractivity contribution is 0.579. The standard InChI is InChI=1S/C8H10BrFN2/c1-3-5-7(10)8(9)12-6(4-2)11-5/h3-4H2,1-2H3. The lowest BCUT2D eigenvalue weighted by atomic mass is 10.3. The van der Waals surface area contributed by atoms with E-state index in [0.29, 0.717) is 17.9 Å². The van der Waals surface area contributed by atoms with Crippen molar-refractivity contribution in [2.75, 3.05) is 0 Å². The van der Waals surface area contributed by atoms with Crippen LogP contribution in [0.2, 0.25) is 0 Å². The molecule has 0 fully saturated rings. The van der Waals surface area contributed by atoms with Crippen LogP contribution in [0.25, 0.3) is 0 Å². The van der Waals surface area contributed by atoms with Crippen LogP contribution in [0, 0.1) is 5.82 Å². The summed E-state index contributed by atoms with van der Waals surface area (Å²) < 4.78 is 13.4. The van der Waals surface area contributed by atoms with Gasteiger partial charge in [-0.1, -0.05) is 13.8 Å². The highest BCUT2D eigenvalue weighted by Crippen LogP contribution is 2.15. The maximum atomic E-state index is 13.1. The molecule has 0 saturated carbocycles. The zero-order chi connectivity index (χ0) is 9.14. The van der Waals surface area contributed by atoms with Crippen molar-refractivity contribution >= 4 is 15.9 Å². The summed E-state index contributed by atoms with van der Waals surface area (Å²) in [4.78, 5) is 7.98. The molecular weight excluding hydrogens is 223 g/mol. The van der Waals surface area contributed by atoms with Crippen LogP contribution in [-0.2, 0) is 12.8 Å². The third-order valence-corrected chi connectivity index (χ3v) is 2.10. The van der Waals surface area contributed by atoms with Gasteiger partial charge in [0.15, 0.2) is 5.82 Å². The van der Waals surface area contributed by atoms with E-state index in [1.54, 1.807) is 0 Å². The minimum atomic E-state index is -0.338. The molecule has 2 nitrogen and oxygen atoms in total. The third-order valence-electron chi connectivity index (χ3n) is 1.58. The van der Waals surface area contributed by atoms with E-state index in [4.69, 9.17) is 0 Å². The van der Waals surface area contributed by atoms with Crippen molar-refractivity contribution in [2.45, 2.75) is 26.7 Å². The molecule has 0 aliphatic heterocycles. The number of hydrogen-bond acceptors (Lipinski definition) is 2. The van der Waals surface area contributed by atoms with Crippen molar-refractivity contribution in [3.05, 3.63) is 21.9 Å². The molecule has 0 atom stereocenters. The first-order valence-electron chi connectivity index (χ1n) is 3.89. The minimum absolute atomic E-state index is 0.270. The summed E-state index contributed by atoms with van der Waals surface area (Å²) in [6, 6.07) is 0. The van der Waals surface area contributed by atoms with Crippen LogP contribution >= 0.6 is 15.9 Å². The van der Waals surface area contributed by atoms with Gasteiger partial charge in [0.25, 0.3) is 0 Å². The van der Waals surface area contributed by atoms with Gasteiger partial charge in [0, 0.05) is 6.42 Å². The van der Waals surface area contributed by atoms with Crippen LogP contribution in [0.4, 0.5) is 4.39 Å². The Balaban J connectivity index is 3.19. The van der Waals surface area contributed by atoms with Crippen molar-refractivity contribution in [1.29, 1.82) is 0 Å². The van der Waals surface area contributed by atoms with Crippen molar-refractivity contribution < 1.29 is 4.39 Å². The van der Waals surface area contributed by atoms with Gasteiger partial charge >= 0.3 is 0 Å². The average molecular weight is 233 g/mol. The summed E-state index contributed by atoms with van der Waals surface area (Å²) in [5.74, 6) is 0.342. The zero-order valence-electron chi connectivity index (χ0n) is 7.06. The molecule has 0 N–H and O–H groups in total. The molecule has 0 unspecified atom stereocenters. The van der Waals surface area contributed by atoms with E-state index in [1.807, 2.05) is 13.8 Å². The normalized spacial score (nSPS) is 10.3. The smallest absolute Gasteiger partial charge is 0.177 e. The van der Waals surface area contributed by atoms with E-state index < -0.39 is 0 Å². The van der Waals surface area contributed by atoms with Crippen LogP contribution < -0.4 is 0 Å². The first-order chi connectivity index (χ1) is 5.69. The van der Waals surface area contributed by atoms with Crippen LogP contribution in [0.15, 0.2) is 4.60 Å². The summed E-state index contributed by atoms with van der Waals surface area (Å²) in [5.41, 5.74) is 0.480. The molecule has 0 amide bonds. The van der Waals surface area contributed by atoms with E-state index in [-0.39, 0.29) is 10.4 Å². The lowest BCUT2D eigenvalue weighted by Crippen LogP contribution is -2.02. The monoisotopic (exact) mass is 232 g/mol. The van der Waals surface area contributed by atoms with E-state index in [2.05, 4.69) is 25.9 Å². The van der Waals surface area contributed by atoms with Crippen molar-refractivity contribution in [1.82, 2.24) is 9.97 Å². The van der Waals surface area contributed by atoms with Crippen LogP contribution in [0.1, 0.15) is 25.4 Å². The van der Waals surface area contributed by atoms with Crippen molar-refractivity contribution in [3.8, 4) is 0 Å². The highest BCUT2D eigenvalue weighted by Gasteiger charge is 2.09. The molecular formula is C8H10BrFN2. The van der Waals surface area contributed by atoms with Crippen LogP contribution in [-0.4, -0.2) is 9.97 Å². The zero-order valence-corrected chi connectivity index (χ0v) is 8.65. The predicted octanol–water partition coefficient (Wildman–Crippen LogP) is 2.50. The maximum absolute atomic E-state index is 13.1. The van der Waals surface area contributed by atoms with Gasteiger partial charge in [-0.25, -0.2) is 14.4 Å². The number of aryl methyl sites for hydroxylation is 2. The molecule has 0 aliphatic rings. The van der Waals surface area contributed by atoms with Gasteiger partial charge in [-0.2, -0.15) is 0 Å². The van der Waals surface area contributed by atoms with E-state index >= 15 is 0 Å². The summed E-state index contributed by atoms with van der Waals surface area (Å²) >= 11 is 3.05. The summed E-state index contributed by atoms with van der Waals surface area (Å²) in [5, 5.41) is 0. The number of rotatable bonds is 2. The highest BCUT2D eigenvalue weighted by molar-refractivity contribution is 9.10. The van der Waals surface area contributed by atoms with Gasteiger partial charge in [-0.15, -0.1) is 0 Å². The van der Waals surface area contributed by atoms with Gasteiger partial charge in [0.1, 0.15) is 10.4 Å². The van der Waals surface area contributed by atoms with Gasteiger partial charge in [0.2, 0.25) is 0 Å². The topological polar surface area (TPSA) is 25.8 Å². The first-order valence-corrected chi connectivity index (χ1v) is 4.69. The molecule has 12 heavy (non-hydrogen) atoms. The Morgan fingerprint density at radius 2 is 1.92 bits per heavy atom. The van der Waals surface area contributed by atoms with Crippen molar-refractivity contribution in [2.24, 2.45) is 0 Å². The van der Waals surface area contributed by atoms with Gasteiger partial charge in [0.05, 0.1) is 5.69 Å². The van der Waals surface area contributed by atoms with E-state index in [9.17, 15) is 4.39 Å². The average Bonchev–Trinajstić information content (AvgIpc) is 2.09. The Hall–Kier alpha value is -0.510. The molecule has 0 spiro atoms. The summed E-state index contributed by atoms with van der Waals surface area (Å²) in [6.45, 7) is 3.82. The Bertz CT molecular complexity index is 289. The highest BCUT2D eigenvalue weighted by atomic mass is 79.9. The molecule has 66 valence electrons. The fourth-order valence-electron chi connectivity index (χ4n) is 0.904. The Morgan fingerprint density at radius 1 is 1.25 bits per heavy atom. The van der Waals surface area contributed by atoms with E-state index in [1.165, 1.54) is 0 Å². The second-order valence-electron chi connectivity index (χ2n) is 2.40. The Labute approximate surface area is 79.4 Å². The van der Waals surface area contributed by atoms with E-state index in [0.717, 1.165) is 6.42 Å². The molecule has 1 rings (SSSR count). The van der Waals surface area contributed by atoms with Crippen molar-refractivity contribution in [3.63, 3.8) is 0 Å². The molecule has 1 aromatic rings. The Morgan fingerprint density at radius 3 is 2.42 bits per heavy atom. The number of halogens is 2. The second-order valence-corrected chi connectivity index (χ2v) is 3.15. The minimum Gasteiger partial charge on any atom is -0.235 e. The molecule has 0 aliphatic carbocycles. The molecule has 0 aromatic carbocycles. The summed E-state index contributed by atoms with van der Waals surface area (Å²) in [7, 11) is 0. The number of nitrogens with zero attached hydrogens (tertiary/aromatic N) is 2. The molecule has 0 bridgehead atoms. The first kappa shape index (κ1) is 9.58. The molecule has 0 radical (unpaired) electrons. The maximum Gasteiger partial charge on any atom is 0.177 e. The lowest BCUT2D eigenvalue weighted by Gasteiger charge is -2.02. The van der Waals surface area contributed by atoms with Gasteiger partial charge in [-0.3, -0.25) is 0 Å². The summed E-state index contributed by atoms with van der Waals surface area (Å²) in [6.07, 6.45) is 1.33. The number of hydrogen-bond donors (Lipinski definition) is 0. The molecule has 1 aromatic heterocycles. The number of aromatic nitrogens is 2. The van der Waals surface area contributed by atoms with Crippen LogP contribution in [0.3, 0.4) is 0 Å². The second kappa shape index (κ2) is 3.94. The third kappa shape index (κ3) is 1.80. The Kier molecular flexibility index (Phi) is 3.14. The fourth-order valence-corrected chi connectivity index (χ4v) is 1.34. The molecule has 0 saturated heterocycles. The fraction of sp³-hybridized carbons (Fsp3) is 0.500. The predicted molar refractivity (Wildman–Crippen MR) is 48.4 cm³/mol. The largest absolute Gasteiger partial charge is 0.235 e. The SMILES string of the molecule is CCc1nc(Br)c(F)c(CC)n1. The quantitative estimate of drug-likeness (QED) is 0.733. The molecule has 1 heterocycles. The van der Waals surface area contributed by atoms with Gasteiger partial charge < -0.3 is 0 Å². The molecule has 4 heteroatoms. The van der Waals surface area contributed by atoms with Gasteiger partial charge in [-0.05, 0) is 22.4 Å².